The van der Waals surface area contributed by atoms with Gasteiger partial charge in [-0.2, -0.15) is 0 Å². The summed E-state index contributed by atoms with van der Waals surface area (Å²) in [6.07, 6.45) is 0. The predicted octanol–water partition coefficient (Wildman–Crippen LogP) is 1.59. The second-order valence-electron chi connectivity index (χ2n) is 2.52. The number of nitrogens with two attached hydrogens (primary N) is 1. The van der Waals surface area contributed by atoms with Crippen molar-refractivity contribution in [3.05, 3.63) is 28.2 Å². The summed E-state index contributed by atoms with van der Waals surface area (Å²) in [6.45, 7) is 2.62. The molecule has 0 aliphatic rings. The molecule has 0 saturated carbocycles. The van der Waals surface area contributed by atoms with Crippen LogP contribution in [0, 0.1) is 6.92 Å². The molecular weight excluding hydrogens is 218 g/mol. The number of rotatable bonds is 3. The largest absolute Gasteiger partial charge is 0.371 e. The van der Waals surface area contributed by atoms with E-state index in [4.69, 9.17) is 5.84 Å². The first-order valence-corrected chi connectivity index (χ1v) is 4.47. The molecule has 4 N–H and O–H groups in total. The van der Waals surface area contributed by atoms with E-state index in [0.29, 0.717) is 6.67 Å². The summed E-state index contributed by atoms with van der Waals surface area (Å²) in [4.78, 5) is 0. The third-order valence-electron chi connectivity index (χ3n) is 1.55. The summed E-state index contributed by atoms with van der Waals surface area (Å²) < 4.78 is 1.12. The van der Waals surface area contributed by atoms with E-state index in [2.05, 4.69) is 32.7 Å². The molecule has 0 bridgehead atoms. The Hall–Kier alpha value is -0.580. The molecule has 0 amide bonds. The van der Waals surface area contributed by atoms with Gasteiger partial charge in [-0.15, -0.1) is 0 Å². The molecule has 1 aromatic carbocycles. The third kappa shape index (κ3) is 2.48. The molecular formula is C8H12BrN3. The average molecular weight is 230 g/mol. The summed E-state index contributed by atoms with van der Waals surface area (Å²) in [5, 5.41) is 3.11. The van der Waals surface area contributed by atoms with E-state index in [-0.39, 0.29) is 0 Å². The standard InChI is InChI=1S/C8H12BrN3/c1-6-4-7(11-5-12-10)2-3-8(6)9/h2-4,11-12H,5,10H2,1H3. The molecule has 0 aliphatic carbocycles. The third-order valence-corrected chi connectivity index (χ3v) is 2.44. The molecule has 0 atom stereocenters. The van der Waals surface area contributed by atoms with Gasteiger partial charge in [0, 0.05) is 10.2 Å². The van der Waals surface area contributed by atoms with Crippen LogP contribution in [0.5, 0.6) is 0 Å². The fourth-order valence-corrected chi connectivity index (χ4v) is 1.15. The number of aryl methyl sites for hydroxylation is 1. The van der Waals surface area contributed by atoms with Crippen molar-refractivity contribution in [2.75, 3.05) is 12.0 Å². The maximum atomic E-state index is 5.12. The second kappa shape index (κ2) is 4.45. The van der Waals surface area contributed by atoms with Gasteiger partial charge in [0.2, 0.25) is 0 Å². The highest BCUT2D eigenvalue weighted by Crippen LogP contribution is 2.19. The molecule has 1 rings (SSSR count). The smallest absolute Gasteiger partial charge is 0.0780 e. The molecule has 66 valence electrons. The number of hydrogen-bond donors (Lipinski definition) is 3. The van der Waals surface area contributed by atoms with Crippen molar-refractivity contribution in [1.29, 1.82) is 0 Å². The zero-order valence-electron chi connectivity index (χ0n) is 6.89. The minimum Gasteiger partial charge on any atom is -0.371 e. The summed E-state index contributed by atoms with van der Waals surface area (Å²) >= 11 is 3.43. The Bertz CT molecular complexity index is 262. The van der Waals surface area contributed by atoms with Crippen LogP contribution in [0.1, 0.15) is 5.56 Å². The summed E-state index contributed by atoms with van der Waals surface area (Å²) in [7, 11) is 0. The summed E-state index contributed by atoms with van der Waals surface area (Å²) in [5.74, 6) is 5.12. The SMILES string of the molecule is Cc1cc(NCNN)ccc1Br. The van der Waals surface area contributed by atoms with Crippen LogP contribution in [0.4, 0.5) is 5.69 Å². The highest BCUT2D eigenvalue weighted by molar-refractivity contribution is 9.10. The molecule has 0 radical (unpaired) electrons. The Kier molecular flexibility index (Phi) is 3.52. The highest BCUT2D eigenvalue weighted by atomic mass is 79.9. The molecule has 3 nitrogen and oxygen atoms in total. The molecule has 0 saturated heterocycles. The van der Waals surface area contributed by atoms with E-state index in [0.717, 1.165) is 10.2 Å². The van der Waals surface area contributed by atoms with Gasteiger partial charge in [0.1, 0.15) is 0 Å². The molecule has 0 aliphatic heterocycles. The first kappa shape index (κ1) is 9.51. The maximum absolute atomic E-state index is 5.12. The summed E-state index contributed by atoms with van der Waals surface area (Å²) in [5.41, 5.74) is 4.80. The van der Waals surface area contributed by atoms with Crippen molar-refractivity contribution >= 4 is 21.6 Å². The molecule has 1 aromatic rings. The van der Waals surface area contributed by atoms with Gasteiger partial charge >= 0.3 is 0 Å². The molecule has 4 heteroatoms. The van der Waals surface area contributed by atoms with Crippen molar-refractivity contribution in [2.24, 2.45) is 5.84 Å². The Balaban J connectivity index is 2.69. The van der Waals surface area contributed by atoms with Crippen LogP contribution < -0.4 is 16.6 Å². The van der Waals surface area contributed by atoms with Crippen LogP contribution in [0.25, 0.3) is 0 Å². The first-order valence-electron chi connectivity index (χ1n) is 3.67. The first-order chi connectivity index (χ1) is 5.74. The molecule has 0 fully saturated rings. The van der Waals surface area contributed by atoms with Crippen molar-refractivity contribution in [3.8, 4) is 0 Å². The topological polar surface area (TPSA) is 50.1 Å². The number of benzene rings is 1. The molecule has 0 aromatic heterocycles. The van der Waals surface area contributed by atoms with Gasteiger partial charge in [0.15, 0.2) is 0 Å². The van der Waals surface area contributed by atoms with Crippen LogP contribution in [0.2, 0.25) is 0 Å². The Labute approximate surface area is 80.4 Å². The second-order valence-corrected chi connectivity index (χ2v) is 3.38. The van der Waals surface area contributed by atoms with Crippen LogP contribution in [0.3, 0.4) is 0 Å². The Morgan fingerprint density at radius 1 is 1.50 bits per heavy atom. The van der Waals surface area contributed by atoms with Gasteiger partial charge in [-0.1, -0.05) is 15.9 Å². The van der Waals surface area contributed by atoms with E-state index < -0.39 is 0 Å². The van der Waals surface area contributed by atoms with Gasteiger partial charge in [-0.3, -0.25) is 5.84 Å². The van der Waals surface area contributed by atoms with E-state index in [1.807, 2.05) is 19.1 Å². The van der Waals surface area contributed by atoms with E-state index in [9.17, 15) is 0 Å². The average Bonchev–Trinajstić information content (AvgIpc) is 2.07. The molecule has 0 heterocycles. The minimum atomic E-state index is 0.571. The van der Waals surface area contributed by atoms with Crippen molar-refractivity contribution in [2.45, 2.75) is 6.92 Å². The number of anilines is 1. The predicted molar refractivity (Wildman–Crippen MR) is 54.7 cm³/mol. The van der Waals surface area contributed by atoms with Crippen LogP contribution in [0.15, 0.2) is 22.7 Å². The van der Waals surface area contributed by atoms with Crippen LogP contribution in [-0.2, 0) is 0 Å². The van der Waals surface area contributed by atoms with Crippen LogP contribution in [-0.4, -0.2) is 6.67 Å². The van der Waals surface area contributed by atoms with Crippen LogP contribution >= 0.6 is 15.9 Å². The van der Waals surface area contributed by atoms with Gasteiger partial charge in [-0.05, 0) is 30.7 Å². The zero-order valence-corrected chi connectivity index (χ0v) is 8.48. The number of halogens is 1. The fourth-order valence-electron chi connectivity index (χ4n) is 0.908. The number of nitrogens with one attached hydrogen (secondary N) is 2. The van der Waals surface area contributed by atoms with Crippen molar-refractivity contribution in [3.63, 3.8) is 0 Å². The van der Waals surface area contributed by atoms with Crippen molar-refractivity contribution < 1.29 is 0 Å². The zero-order chi connectivity index (χ0) is 8.97. The number of hydrazine groups is 1. The monoisotopic (exact) mass is 229 g/mol. The fraction of sp³-hybridized carbons (Fsp3) is 0.250. The quantitative estimate of drug-likeness (QED) is 0.420. The lowest BCUT2D eigenvalue weighted by Gasteiger charge is -2.06. The molecule has 0 unspecified atom stereocenters. The van der Waals surface area contributed by atoms with Gasteiger partial charge in [-0.25, -0.2) is 5.43 Å². The maximum Gasteiger partial charge on any atom is 0.0780 e. The van der Waals surface area contributed by atoms with E-state index >= 15 is 0 Å². The van der Waals surface area contributed by atoms with Gasteiger partial charge in [0.05, 0.1) is 6.67 Å². The Morgan fingerprint density at radius 3 is 2.83 bits per heavy atom. The molecule has 12 heavy (non-hydrogen) atoms. The number of hydrogen-bond acceptors (Lipinski definition) is 3. The van der Waals surface area contributed by atoms with E-state index in [1.165, 1.54) is 5.56 Å². The van der Waals surface area contributed by atoms with Gasteiger partial charge in [0.25, 0.3) is 0 Å². The summed E-state index contributed by atoms with van der Waals surface area (Å²) in [6, 6.07) is 6.06. The van der Waals surface area contributed by atoms with Gasteiger partial charge < -0.3 is 5.32 Å². The Morgan fingerprint density at radius 2 is 2.25 bits per heavy atom. The van der Waals surface area contributed by atoms with E-state index in [1.54, 1.807) is 0 Å². The lowest BCUT2D eigenvalue weighted by Crippen LogP contribution is -2.28. The highest BCUT2D eigenvalue weighted by Gasteiger charge is 1.95. The lowest BCUT2D eigenvalue weighted by atomic mass is 10.2. The molecule has 0 spiro atoms. The normalized spacial score (nSPS) is 9.92. The minimum absolute atomic E-state index is 0.571. The lowest BCUT2D eigenvalue weighted by molar-refractivity contribution is 0.790. The van der Waals surface area contributed by atoms with Crippen molar-refractivity contribution in [1.82, 2.24) is 5.43 Å².